The third kappa shape index (κ3) is 4.83. The molecule has 6 nitrogen and oxygen atoms in total. The minimum absolute atomic E-state index is 0.147. The fourth-order valence-electron chi connectivity index (χ4n) is 2.87. The standard InChI is InChI=1S/C22H20FNO5S/c1-3-28-22(27)20-16(19-17(23)5-4-6-18(19)30-20)12-29-21(26)15-9-7-14(8-10-15)11-24-13(2)25/h4-10H,3,11-12H2,1-2H3,(H,24,25). The maximum atomic E-state index is 14.4. The summed E-state index contributed by atoms with van der Waals surface area (Å²) in [7, 11) is 0. The van der Waals surface area contributed by atoms with Crippen LogP contribution in [0, 0.1) is 5.82 Å². The number of amides is 1. The summed E-state index contributed by atoms with van der Waals surface area (Å²) in [6.07, 6.45) is 0. The van der Waals surface area contributed by atoms with E-state index >= 15 is 0 Å². The smallest absolute Gasteiger partial charge is 0.348 e. The van der Waals surface area contributed by atoms with Crippen molar-refractivity contribution in [3.63, 3.8) is 0 Å². The molecule has 0 spiro atoms. The molecule has 1 N–H and O–H groups in total. The Morgan fingerprint density at radius 1 is 1.03 bits per heavy atom. The number of fused-ring (bicyclic) bond motifs is 1. The minimum atomic E-state index is -0.605. The van der Waals surface area contributed by atoms with Gasteiger partial charge in [0.25, 0.3) is 0 Å². The van der Waals surface area contributed by atoms with Crippen LogP contribution in [0.25, 0.3) is 10.1 Å². The van der Waals surface area contributed by atoms with E-state index in [9.17, 15) is 18.8 Å². The normalized spacial score (nSPS) is 10.6. The van der Waals surface area contributed by atoms with Crippen LogP contribution in [0.1, 0.15) is 45.0 Å². The zero-order valence-corrected chi connectivity index (χ0v) is 17.3. The van der Waals surface area contributed by atoms with E-state index in [1.807, 2.05) is 0 Å². The molecule has 0 saturated heterocycles. The third-order valence-electron chi connectivity index (χ3n) is 4.30. The molecule has 156 valence electrons. The number of rotatable bonds is 7. The van der Waals surface area contributed by atoms with Crippen molar-refractivity contribution in [2.45, 2.75) is 27.0 Å². The number of carbonyl (C=O) groups excluding carboxylic acids is 3. The van der Waals surface area contributed by atoms with Gasteiger partial charge >= 0.3 is 11.9 Å². The van der Waals surface area contributed by atoms with Gasteiger partial charge in [-0.15, -0.1) is 11.3 Å². The molecular weight excluding hydrogens is 409 g/mol. The average molecular weight is 429 g/mol. The summed E-state index contributed by atoms with van der Waals surface area (Å²) >= 11 is 1.10. The molecule has 3 rings (SSSR count). The van der Waals surface area contributed by atoms with Crippen LogP contribution >= 0.6 is 11.3 Å². The van der Waals surface area contributed by atoms with Crippen LogP contribution in [0.15, 0.2) is 42.5 Å². The number of benzene rings is 2. The molecule has 1 aromatic heterocycles. The fourth-order valence-corrected chi connectivity index (χ4v) is 3.99. The van der Waals surface area contributed by atoms with Crippen molar-refractivity contribution in [1.82, 2.24) is 5.32 Å². The Morgan fingerprint density at radius 2 is 1.77 bits per heavy atom. The summed E-state index contributed by atoms with van der Waals surface area (Å²) in [5.41, 5.74) is 1.43. The lowest BCUT2D eigenvalue weighted by atomic mass is 10.1. The quantitative estimate of drug-likeness (QED) is 0.569. The summed E-state index contributed by atoms with van der Waals surface area (Å²) in [5, 5.41) is 2.92. The first-order valence-electron chi connectivity index (χ1n) is 9.28. The summed E-state index contributed by atoms with van der Waals surface area (Å²) < 4.78 is 25.4. The first-order chi connectivity index (χ1) is 14.4. The summed E-state index contributed by atoms with van der Waals surface area (Å²) in [6.45, 7) is 3.38. The van der Waals surface area contributed by atoms with Crippen molar-refractivity contribution in [1.29, 1.82) is 0 Å². The van der Waals surface area contributed by atoms with Crippen molar-refractivity contribution in [3.05, 3.63) is 69.8 Å². The van der Waals surface area contributed by atoms with E-state index in [0.717, 1.165) is 16.9 Å². The number of hydrogen-bond acceptors (Lipinski definition) is 6. The van der Waals surface area contributed by atoms with Gasteiger partial charge in [-0.05, 0) is 36.8 Å². The van der Waals surface area contributed by atoms with Crippen LogP contribution in [-0.4, -0.2) is 24.5 Å². The first kappa shape index (κ1) is 21.4. The number of nitrogens with one attached hydrogen (secondary N) is 1. The SMILES string of the molecule is CCOC(=O)c1sc2cccc(F)c2c1COC(=O)c1ccc(CNC(C)=O)cc1. The molecule has 0 fully saturated rings. The van der Waals surface area contributed by atoms with Crippen molar-refractivity contribution < 1.29 is 28.2 Å². The Hall–Kier alpha value is -3.26. The van der Waals surface area contributed by atoms with Gasteiger partial charge in [0.05, 0.1) is 12.2 Å². The van der Waals surface area contributed by atoms with Crippen LogP contribution in [-0.2, 0) is 27.4 Å². The lowest BCUT2D eigenvalue weighted by Gasteiger charge is -2.08. The van der Waals surface area contributed by atoms with Crippen molar-refractivity contribution in [2.24, 2.45) is 0 Å². The minimum Gasteiger partial charge on any atom is -0.462 e. The monoisotopic (exact) mass is 429 g/mol. The molecule has 8 heteroatoms. The Kier molecular flexibility index (Phi) is 6.79. The lowest BCUT2D eigenvalue weighted by molar-refractivity contribution is -0.119. The van der Waals surface area contributed by atoms with Crippen molar-refractivity contribution >= 4 is 39.3 Å². The van der Waals surface area contributed by atoms with Gasteiger partial charge in [0.1, 0.15) is 17.3 Å². The number of esters is 2. The lowest BCUT2D eigenvalue weighted by Crippen LogP contribution is -2.18. The van der Waals surface area contributed by atoms with Gasteiger partial charge in [-0.1, -0.05) is 18.2 Å². The van der Waals surface area contributed by atoms with Crippen LogP contribution in [0.2, 0.25) is 0 Å². The Morgan fingerprint density at radius 3 is 2.43 bits per heavy atom. The van der Waals surface area contributed by atoms with Gasteiger partial charge in [0.2, 0.25) is 5.91 Å². The van der Waals surface area contributed by atoms with Crippen LogP contribution in [0.4, 0.5) is 4.39 Å². The van der Waals surface area contributed by atoms with E-state index < -0.39 is 17.8 Å². The van der Waals surface area contributed by atoms with E-state index in [1.165, 1.54) is 13.0 Å². The Labute approximate surface area is 176 Å². The number of halogens is 1. The molecule has 0 aliphatic rings. The largest absolute Gasteiger partial charge is 0.462 e. The van der Waals surface area contributed by atoms with E-state index in [0.29, 0.717) is 22.4 Å². The molecule has 0 aliphatic heterocycles. The second kappa shape index (κ2) is 9.49. The molecule has 0 unspecified atom stereocenters. The molecule has 1 heterocycles. The highest BCUT2D eigenvalue weighted by molar-refractivity contribution is 7.21. The first-order valence-corrected chi connectivity index (χ1v) is 10.1. The Bertz CT molecular complexity index is 1090. The van der Waals surface area contributed by atoms with Crippen molar-refractivity contribution in [3.8, 4) is 0 Å². The number of ether oxygens (including phenoxy) is 2. The predicted octanol–water partition coefficient (Wildman–Crippen LogP) is 4.21. The van der Waals surface area contributed by atoms with Crippen LogP contribution in [0.5, 0.6) is 0 Å². The second-order valence-corrected chi connectivity index (χ2v) is 7.48. The maximum Gasteiger partial charge on any atom is 0.348 e. The molecule has 30 heavy (non-hydrogen) atoms. The molecule has 3 aromatic rings. The van der Waals surface area contributed by atoms with E-state index in [2.05, 4.69) is 5.32 Å². The summed E-state index contributed by atoms with van der Waals surface area (Å²) in [6, 6.07) is 11.1. The molecule has 0 aliphatic carbocycles. The molecule has 1 amide bonds. The molecule has 2 aromatic carbocycles. The van der Waals surface area contributed by atoms with E-state index in [-0.39, 0.29) is 29.4 Å². The second-order valence-electron chi connectivity index (χ2n) is 6.43. The van der Waals surface area contributed by atoms with Gasteiger partial charge in [-0.3, -0.25) is 4.79 Å². The number of thiophene rings is 1. The van der Waals surface area contributed by atoms with Gasteiger partial charge in [-0.25, -0.2) is 14.0 Å². The highest BCUT2D eigenvalue weighted by Gasteiger charge is 2.23. The van der Waals surface area contributed by atoms with Gasteiger partial charge in [0, 0.05) is 29.1 Å². The number of carbonyl (C=O) groups is 3. The zero-order chi connectivity index (χ0) is 21.7. The molecule has 0 atom stereocenters. The topological polar surface area (TPSA) is 81.7 Å². The summed E-state index contributed by atoms with van der Waals surface area (Å²) in [5.74, 6) is -1.82. The van der Waals surface area contributed by atoms with Crippen LogP contribution < -0.4 is 5.32 Å². The van der Waals surface area contributed by atoms with E-state index in [4.69, 9.17) is 9.47 Å². The zero-order valence-electron chi connectivity index (χ0n) is 16.5. The highest BCUT2D eigenvalue weighted by Crippen LogP contribution is 2.34. The highest BCUT2D eigenvalue weighted by atomic mass is 32.1. The fraction of sp³-hybridized carbons (Fsp3) is 0.227. The van der Waals surface area contributed by atoms with Gasteiger partial charge in [0.15, 0.2) is 0 Å². The molecular formula is C22H20FNO5S. The molecule has 0 bridgehead atoms. The molecule has 0 radical (unpaired) electrons. The van der Waals surface area contributed by atoms with Gasteiger partial charge < -0.3 is 14.8 Å². The average Bonchev–Trinajstić information content (AvgIpc) is 3.11. The van der Waals surface area contributed by atoms with E-state index in [1.54, 1.807) is 43.3 Å². The predicted molar refractivity (Wildman–Crippen MR) is 111 cm³/mol. The van der Waals surface area contributed by atoms with Crippen LogP contribution in [0.3, 0.4) is 0 Å². The number of hydrogen-bond donors (Lipinski definition) is 1. The molecule has 0 saturated carbocycles. The summed E-state index contributed by atoms with van der Waals surface area (Å²) in [4.78, 5) is 35.9. The van der Waals surface area contributed by atoms with Crippen molar-refractivity contribution in [2.75, 3.05) is 6.61 Å². The maximum absolute atomic E-state index is 14.4. The third-order valence-corrected chi connectivity index (χ3v) is 5.48. The van der Waals surface area contributed by atoms with Gasteiger partial charge in [-0.2, -0.15) is 0 Å². The Balaban J connectivity index is 1.79.